The molecule has 0 aliphatic heterocycles. The molecule has 2 rings (SSSR count). The van der Waals surface area contributed by atoms with Gasteiger partial charge in [-0.05, 0) is 0 Å². The highest BCUT2D eigenvalue weighted by atomic mass is 32.1. The quantitative estimate of drug-likeness (QED) is 0.765. The average molecular weight is 272 g/mol. The van der Waals surface area contributed by atoms with Gasteiger partial charge in [0.15, 0.2) is 0 Å². The number of nitrogens with one attached hydrogen (secondary N) is 1. The van der Waals surface area contributed by atoms with E-state index in [9.17, 15) is 5.11 Å². The second-order valence-electron chi connectivity index (χ2n) is 3.31. The molecule has 0 bridgehead atoms. The summed E-state index contributed by atoms with van der Waals surface area (Å²) in [6, 6.07) is 0. The SMILES string of the molecule is OC(CNCc1cncs1)COc1cnsn1. The second kappa shape index (κ2) is 6.60. The van der Waals surface area contributed by atoms with E-state index in [0.29, 0.717) is 19.0 Å². The lowest BCUT2D eigenvalue weighted by molar-refractivity contribution is 0.104. The minimum Gasteiger partial charge on any atom is -0.473 e. The van der Waals surface area contributed by atoms with Gasteiger partial charge in [0, 0.05) is 24.2 Å². The van der Waals surface area contributed by atoms with Gasteiger partial charge in [0.25, 0.3) is 0 Å². The van der Waals surface area contributed by atoms with Crippen molar-refractivity contribution in [3.63, 3.8) is 0 Å². The Morgan fingerprint density at radius 2 is 2.41 bits per heavy atom. The number of thiazole rings is 1. The molecule has 2 aromatic rings. The topological polar surface area (TPSA) is 80.2 Å². The number of hydrogen-bond donors (Lipinski definition) is 2. The van der Waals surface area contributed by atoms with Gasteiger partial charge in [-0.15, -0.1) is 15.7 Å². The maximum absolute atomic E-state index is 9.63. The fraction of sp³-hybridized carbons (Fsp3) is 0.444. The standard InChI is InChI=1S/C9H12N4O2S2/c14-7(5-15-9-4-12-17-13-9)1-10-2-8-3-11-6-16-8/h3-4,6-7,10,14H,1-2,5H2. The van der Waals surface area contributed by atoms with E-state index in [0.717, 1.165) is 16.6 Å². The largest absolute Gasteiger partial charge is 0.473 e. The van der Waals surface area contributed by atoms with Crippen molar-refractivity contribution in [3.05, 3.63) is 22.8 Å². The predicted octanol–water partition coefficient (Wildman–Crippen LogP) is 0.524. The molecule has 0 radical (unpaired) electrons. The summed E-state index contributed by atoms with van der Waals surface area (Å²) in [6.45, 7) is 1.39. The van der Waals surface area contributed by atoms with Crippen molar-refractivity contribution in [2.45, 2.75) is 12.6 Å². The normalized spacial score (nSPS) is 12.5. The molecule has 0 aliphatic rings. The van der Waals surface area contributed by atoms with Crippen molar-refractivity contribution < 1.29 is 9.84 Å². The van der Waals surface area contributed by atoms with E-state index in [1.165, 1.54) is 6.20 Å². The van der Waals surface area contributed by atoms with Crippen LogP contribution in [0.1, 0.15) is 4.88 Å². The lowest BCUT2D eigenvalue weighted by atomic mass is 10.3. The summed E-state index contributed by atoms with van der Waals surface area (Å²) in [5, 5.41) is 12.8. The van der Waals surface area contributed by atoms with Crippen LogP contribution in [0.15, 0.2) is 17.9 Å². The zero-order valence-electron chi connectivity index (χ0n) is 8.94. The molecular formula is C9H12N4O2S2. The Kier molecular flexibility index (Phi) is 4.80. The molecule has 2 heterocycles. The fourth-order valence-corrected chi connectivity index (χ4v) is 2.08. The van der Waals surface area contributed by atoms with Gasteiger partial charge < -0.3 is 15.2 Å². The van der Waals surface area contributed by atoms with Gasteiger partial charge in [0.2, 0.25) is 5.88 Å². The molecule has 0 aromatic carbocycles. The van der Waals surface area contributed by atoms with Gasteiger partial charge in [-0.1, -0.05) is 0 Å². The third kappa shape index (κ3) is 4.35. The molecule has 2 N–H and O–H groups in total. The number of aromatic nitrogens is 3. The molecule has 0 aliphatic carbocycles. The summed E-state index contributed by atoms with van der Waals surface area (Å²) in [5.74, 6) is 0.455. The maximum Gasteiger partial charge on any atom is 0.245 e. The zero-order valence-corrected chi connectivity index (χ0v) is 10.6. The van der Waals surface area contributed by atoms with Crippen LogP contribution in [0.2, 0.25) is 0 Å². The van der Waals surface area contributed by atoms with Crippen molar-refractivity contribution in [1.82, 2.24) is 19.0 Å². The number of ether oxygens (including phenoxy) is 1. The van der Waals surface area contributed by atoms with Crippen LogP contribution in [-0.4, -0.2) is 38.1 Å². The van der Waals surface area contributed by atoms with Crippen LogP contribution in [0.4, 0.5) is 0 Å². The summed E-state index contributed by atoms with van der Waals surface area (Å²) in [7, 11) is 0. The van der Waals surface area contributed by atoms with Crippen molar-refractivity contribution in [2.24, 2.45) is 0 Å². The third-order valence-corrected chi connectivity index (χ3v) is 3.17. The lowest BCUT2D eigenvalue weighted by Gasteiger charge is -2.10. The van der Waals surface area contributed by atoms with Crippen molar-refractivity contribution in [2.75, 3.05) is 13.2 Å². The maximum atomic E-state index is 9.63. The molecule has 0 spiro atoms. The molecule has 0 amide bonds. The average Bonchev–Trinajstić information content (AvgIpc) is 2.99. The summed E-state index contributed by atoms with van der Waals surface area (Å²) < 4.78 is 12.9. The van der Waals surface area contributed by atoms with E-state index in [1.807, 2.05) is 6.20 Å². The van der Waals surface area contributed by atoms with Crippen molar-refractivity contribution in [1.29, 1.82) is 0 Å². The van der Waals surface area contributed by atoms with Gasteiger partial charge in [0.05, 0.1) is 17.2 Å². The van der Waals surface area contributed by atoms with E-state index in [-0.39, 0.29) is 6.61 Å². The van der Waals surface area contributed by atoms with Gasteiger partial charge in [-0.2, -0.15) is 4.37 Å². The highest BCUT2D eigenvalue weighted by Crippen LogP contribution is 2.06. The van der Waals surface area contributed by atoms with E-state index in [1.54, 1.807) is 16.8 Å². The number of aliphatic hydroxyl groups excluding tert-OH is 1. The zero-order chi connectivity index (χ0) is 11.9. The highest BCUT2D eigenvalue weighted by Gasteiger charge is 2.06. The first kappa shape index (κ1) is 12.4. The van der Waals surface area contributed by atoms with Crippen molar-refractivity contribution in [3.8, 4) is 5.88 Å². The minimum absolute atomic E-state index is 0.209. The number of hydrogen-bond acceptors (Lipinski definition) is 8. The molecule has 1 atom stereocenters. The predicted molar refractivity (Wildman–Crippen MR) is 65.2 cm³/mol. The van der Waals surface area contributed by atoms with Crippen LogP contribution in [0, 0.1) is 0 Å². The van der Waals surface area contributed by atoms with Crippen LogP contribution in [0.25, 0.3) is 0 Å². The minimum atomic E-state index is -0.565. The number of rotatable bonds is 7. The first-order valence-electron chi connectivity index (χ1n) is 5.01. The molecule has 8 heteroatoms. The molecule has 0 saturated heterocycles. The molecule has 2 aromatic heterocycles. The smallest absolute Gasteiger partial charge is 0.245 e. The summed E-state index contributed by atoms with van der Waals surface area (Å²) >= 11 is 2.66. The summed E-state index contributed by atoms with van der Waals surface area (Å²) in [5.41, 5.74) is 1.78. The monoisotopic (exact) mass is 272 g/mol. The Balaban J connectivity index is 1.59. The van der Waals surface area contributed by atoms with E-state index < -0.39 is 6.10 Å². The van der Waals surface area contributed by atoms with E-state index >= 15 is 0 Å². The van der Waals surface area contributed by atoms with Gasteiger partial charge >= 0.3 is 0 Å². The Morgan fingerprint density at radius 1 is 1.47 bits per heavy atom. The highest BCUT2D eigenvalue weighted by molar-refractivity contribution is 7.09. The second-order valence-corrected chi connectivity index (χ2v) is 4.84. The molecular weight excluding hydrogens is 260 g/mol. The first-order chi connectivity index (χ1) is 8.34. The third-order valence-electron chi connectivity index (χ3n) is 1.93. The molecule has 0 saturated carbocycles. The van der Waals surface area contributed by atoms with E-state index in [2.05, 4.69) is 19.0 Å². The lowest BCUT2D eigenvalue weighted by Crippen LogP contribution is -2.31. The number of nitrogens with zero attached hydrogens (tertiary/aromatic N) is 3. The number of aliphatic hydroxyl groups is 1. The Hall–Kier alpha value is -1.09. The Bertz CT molecular complexity index is 407. The molecule has 1 unspecified atom stereocenters. The first-order valence-corrected chi connectivity index (χ1v) is 6.62. The molecule has 92 valence electrons. The van der Waals surface area contributed by atoms with Gasteiger partial charge in [-0.25, -0.2) is 0 Å². The molecule has 0 fully saturated rings. The van der Waals surface area contributed by atoms with Crippen LogP contribution < -0.4 is 10.1 Å². The summed E-state index contributed by atoms with van der Waals surface area (Å²) in [4.78, 5) is 5.11. The Morgan fingerprint density at radius 3 is 3.12 bits per heavy atom. The molecule has 6 nitrogen and oxygen atoms in total. The van der Waals surface area contributed by atoms with Crippen LogP contribution in [0.3, 0.4) is 0 Å². The van der Waals surface area contributed by atoms with Crippen molar-refractivity contribution >= 4 is 23.1 Å². The van der Waals surface area contributed by atoms with Gasteiger partial charge in [-0.3, -0.25) is 4.98 Å². The Labute approximate surface area is 107 Å². The van der Waals surface area contributed by atoms with Crippen LogP contribution in [0.5, 0.6) is 5.88 Å². The van der Waals surface area contributed by atoms with Gasteiger partial charge in [0.1, 0.15) is 18.9 Å². The molecule has 17 heavy (non-hydrogen) atoms. The summed E-state index contributed by atoms with van der Waals surface area (Å²) in [6.07, 6.45) is 2.77. The van der Waals surface area contributed by atoms with E-state index in [4.69, 9.17) is 4.74 Å². The van der Waals surface area contributed by atoms with Crippen LogP contribution >= 0.6 is 23.1 Å². The fourth-order valence-electron chi connectivity index (χ4n) is 1.15. The van der Waals surface area contributed by atoms with Crippen LogP contribution in [-0.2, 0) is 6.54 Å².